The van der Waals surface area contributed by atoms with Crippen LogP contribution < -0.4 is 14.4 Å². The number of benzene rings is 2. The zero-order valence-corrected chi connectivity index (χ0v) is 24.7. The molecule has 2 heterocycles. The number of hydrogen-bond acceptors (Lipinski definition) is 6. The van der Waals surface area contributed by atoms with Gasteiger partial charge >= 0.3 is 0 Å². The Bertz CT molecular complexity index is 1410. The van der Waals surface area contributed by atoms with Gasteiger partial charge in [0.25, 0.3) is 5.91 Å². The predicted molar refractivity (Wildman–Crippen MR) is 157 cm³/mol. The zero-order valence-electron chi connectivity index (χ0n) is 23.1. The van der Waals surface area contributed by atoms with Crippen LogP contribution in [-0.2, 0) is 21.9 Å². The SMILES string of the molecule is C[C@@]12CC[C@@H]1CN1C[C@@]3(CCCc4cc(Cl)ccc43)COc3ccc(cc31)C(=O)NS(=O)(=O)CCCCC[C@@H]2O. The maximum absolute atomic E-state index is 13.1. The maximum Gasteiger partial charge on any atom is 0.264 e. The summed E-state index contributed by atoms with van der Waals surface area (Å²) in [5, 5.41) is 12.0. The van der Waals surface area contributed by atoms with Gasteiger partial charge in [0.05, 0.1) is 24.2 Å². The Kier molecular flexibility index (Phi) is 7.33. The quantitative estimate of drug-likeness (QED) is 0.439. The molecule has 4 atom stereocenters. The smallest absolute Gasteiger partial charge is 0.264 e. The molecule has 1 saturated carbocycles. The van der Waals surface area contributed by atoms with Crippen LogP contribution in [0.4, 0.5) is 5.69 Å². The van der Waals surface area contributed by atoms with E-state index in [-0.39, 0.29) is 16.6 Å². The molecule has 0 saturated heterocycles. The van der Waals surface area contributed by atoms with E-state index >= 15 is 0 Å². The number of amides is 1. The number of fused-ring (bicyclic) bond motifs is 4. The Morgan fingerprint density at radius 2 is 1.93 bits per heavy atom. The van der Waals surface area contributed by atoms with Crippen LogP contribution in [-0.4, -0.2) is 51.0 Å². The van der Waals surface area contributed by atoms with Crippen molar-refractivity contribution >= 4 is 33.2 Å². The van der Waals surface area contributed by atoms with Crippen molar-refractivity contribution in [3.8, 4) is 5.75 Å². The Hall–Kier alpha value is -2.29. The van der Waals surface area contributed by atoms with Crippen molar-refractivity contribution in [2.45, 2.75) is 76.2 Å². The number of hydrogen-bond donors (Lipinski definition) is 2. The van der Waals surface area contributed by atoms with Crippen LogP contribution in [0, 0.1) is 11.3 Å². The topological polar surface area (TPSA) is 95.9 Å². The molecule has 2 aliphatic heterocycles. The number of anilines is 1. The van der Waals surface area contributed by atoms with E-state index in [1.165, 1.54) is 11.1 Å². The molecule has 9 heteroatoms. The molecule has 1 amide bonds. The zero-order chi connectivity index (χ0) is 28.1. The van der Waals surface area contributed by atoms with E-state index in [1.54, 1.807) is 18.2 Å². The van der Waals surface area contributed by atoms with Gasteiger partial charge in [0, 0.05) is 29.1 Å². The lowest BCUT2D eigenvalue weighted by Gasteiger charge is -2.53. The van der Waals surface area contributed by atoms with Crippen molar-refractivity contribution < 1.29 is 23.1 Å². The van der Waals surface area contributed by atoms with Crippen molar-refractivity contribution in [2.24, 2.45) is 11.3 Å². The van der Waals surface area contributed by atoms with Gasteiger partial charge in [-0.2, -0.15) is 0 Å². The Balaban J connectivity index is 1.42. The third-order valence-electron chi connectivity index (χ3n) is 10.1. The molecule has 6 rings (SSSR count). The molecular formula is C31H39ClN2O5S. The number of carbonyl (C=O) groups excluding carboxylic acids is 1. The fraction of sp³-hybridized carbons (Fsp3) is 0.581. The molecule has 2 aliphatic carbocycles. The molecular weight excluding hydrogens is 548 g/mol. The Morgan fingerprint density at radius 3 is 2.73 bits per heavy atom. The predicted octanol–water partition coefficient (Wildman–Crippen LogP) is 5.22. The molecule has 216 valence electrons. The average molecular weight is 587 g/mol. The molecule has 0 radical (unpaired) electrons. The maximum atomic E-state index is 13.1. The van der Waals surface area contributed by atoms with Crippen LogP contribution in [0.1, 0.15) is 79.8 Å². The highest BCUT2D eigenvalue weighted by atomic mass is 35.5. The second-order valence-electron chi connectivity index (χ2n) is 12.6. The summed E-state index contributed by atoms with van der Waals surface area (Å²) in [7, 11) is -3.76. The molecule has 40 heavy (non-hydrogen) atoms. The van der Waals surface area contributed by atoms with Gasteiger partial charge in [-0.25, -0.2) is 13.1 Å². The number of aliphatic hydroxyl groups is 1. The first-order chi connectivity index (χ1) is 19.1. The summed E-state index contributed by atoms with van der Waals surface area (Å²) in [5.74, 6) is 0.265. The standard InChI is InChI=1S/C31H39ClN2O5S/c1-30-14-12-23(30)18-34-19-31(13-5-6-21-16-24(32)9-10-25(21)31)20-39-27-11-8-22(17-26(27)34)29(36)33-40(37,38)15-4-2-3-7-28(30)35/h8-11,16-17,23,28,35H,2-7,12-15,18-20H2,1H3,(H,33,36)/t23-,28+,30-,31+/m1/s1. The number of nitrogens with zero attached hydrogens (tertiary/aromatic N) is 1. The first-order valence-electron chi connectivity index (χ1n) is 14.6. The molecule has 7 nitrogen and oxygen atoms in total. The lowest BCUT2D eigenvalue weighted by Crippen LogP contribution is -2.54. The van der Waals surface area contributed by atoms with Crippen LogP contribution >= 0.6 is 11.6 Å². The van der Waals surface area contributed by atoms with Gasteiger partial charge in [0.2, 0.25) is 10.0 Å². The van der Waals surface area contributed by atoms with Gasteiger partial charge in [0.15, 0.2) is 0 Å². The molecule has 2 aromatic rings. The van der Waals surface area contributed by atoms with Gasteiger partial charge < -0.3 is 14.7 Å². The second-order valence-corrected chi connectivity index (χ2v) is 14.9. The van der Waals surface area contributed by atoms with Crippen LogP contribution in [0.5, 0.6) is 5.75 Å². The third kappa shape index (κ3) is 5.12. The van der Waals surface area contributed by atoms with Gasteiger partial charge in [-0.15, -0.1) is 0 Å². The van der Waals surface area contributed by atoms with Crippen molar-refractivity contribution in [1.82, 2.24) is 4.72 Å². The van der Waals surface area contributed by atoms with Crippen molar-refractivity contribution in [1.29, 1.82) is 0 Å². The fourth-order valence-electron chi connectivity index (χ4n) is 7.45. The third-order valence-corrected chi connectivity index (χ3v) is 11.7. The average Bonchev–Trinajstić information content (AvgIpc) is 3.06. The minimum Gasteiger partial charge on any atom is -0.490 e. The highest BCUT2D eigenvalue weighted by Gasteiger charge is 2.49. The van der Waals surface area contributed by atoms with Gasteiger partial charge in [-0.1, -0.05) is 37.4 Å². The minimum atomic E-state index is -3.76. The molecule has 0 aromatic heterocycles. The van der Waals surface area contributed by atoms with Crippen LogP contribution in [0.15, 0.2) is 36.4 Å². The van der Waals surface area contributed by atoms with Gasteiger partial charge in [0.1, 0.15) is 5.75 Å². The highest BCUT2D eigenvalue weighted by Crippen LogP contribution is 2.52. The summed E-state index contributed by atoms with van der Waals surface area (Å²) >= 11 is 6.38. The van der Waals surface area contributed by atoms with Crippen molar-refractivity contribution in [3.63, 3.8) is 0 Å². The van der Waals surface area contributed by atoms with E-state index in [0.29, 0.717) is 49.6 Å². The first-order valence-corrected chi connectivity index (χ1v) is 16.7. The molecule has 2 bridgehead atoms. The number of rotatable bonds is 0. The van der Waals surface area contributed by atoms with Crippen molar-refractivity contribution in [3.05, 3.63) is 58.1 Å². The lowest BCUT2D eigenvalue weighted by atomic mass is 9.57. The minimum absolute atomic E-state index is 0.110. The van der Waals surface area contributed by atoms with Gasteiger partial charge in [-0.05, 0) is 97.7 Å². The van der Waals surface area contributed by atoms with E-state index in [4.69, 9.17) is 16.3 Å². The summed E-state index contributed by atoms with van der Waals surface area (Å²) in [6.45, 7) is 4.15. The van der Waals surface area contributed by atoms with Crippen LogP contribution in [0.25, 0.3) is 0 Å². The molecule has 1 fully saturated rings. The molecule has 0 unspecified atom stereocenters. The summed E-state index contributed by atoms with van der Waals surface area (Å²) in [6.07, 6.45) is 7.13. The number of ether oxygens (including phenoxy) is 1. The Morgan fingerprint density at radius 1 is 1.07 bits per heavy atom. The number of carbonyl (C=O) groups is 1. The van der Waals surface area contributed by atoms with E-state index in [1.807, 2.05) is 6.07 Å². The van der Waals surface area contributed by atoms with E-state index in [9.17, 15) is 18.3 Å². The van der Waals surface area contributed by atoms with Gasteiger partial charge in [-0.3, -0.25) is 4.79 Å². The van der Waals surface area contributed by atoms with E-state index < -0.39 is 22.0 Å². The summed E-state index contributed by atoms with van der Waals surface area (Å²) in [6, 6.07) is 11.4. The fourth-order valence-corrected chi connectivity index (χ4v) is 8.73. The highest BCUT2D eigenvalue weighted by molar-refractivity contribution is 7.90. The first kappa shape index (κ1) is 27.9. The number of aliphatic hydroxyl groups excluding tert-OH is 1. The largest absolute Gasteiger partial charge is 0.490 e. The van der Waals surface area contributed by atoms with E-state index in [2.05, 4.69) is 28.7 Å². The monoisotopic (exact) mass is 586 g/mol. The number of halogens is 1. The Labute approximate surface area is 242 Å². The summed E-state index contributed by atoms with van der Waals surface area (Å²) < 4.78 is 34.1. The number of nitrogens with one attached hydrogen (secondary N) is 1. The van der Waals surface area contributed by atoms with Crippen molar-refractivity contribution in [2.75, 3.05) is 30.3 Å². The lowest BCUT2D eigenvalue weighted by molar-refractivity contribution is -0.0757. The molecule has 2 N–H and O–H groups in total. The van der Waals surface area contributed by atoms with E-state index in [0.717, 1.165) is 55.8 Å². The molecule has 4 aliphatic rings. The normalized spacial score (nSPS) is 32.1. The number of sulfonamides is 1. The van der Waals surface area contributed by atoms with Crippen LogP contribution in [0.3, 0.4) is 0 Å². The number of aryl methyl sites for hydroxylation is 1. The second kappa shape index (κ2) is 10.5. The molecule has 1 spiro atoms. The summed E-state index contributed by atoms with van der Waals surface area (Å²) in [4.78, 5) is 15.5. The van der Waals surface area contributed by atoms with Crippen LogP contribution in [0.2, 0.25) is 5.02 Å². The molecule has 2 aromatic carbocycles. The summed E-state index contributed by atoms with van der Waals surface area (Å²) in [5.41, 5.74) is 3.18.